The molecule has 2 aromatic rings. The van der Waals surface area contributed by atoms with E-state index >= 15 is 0 Å². The minimum atomic E-state index is -0.230. The van der Waals surface area contributed by atoms with Crippen LogP contribution in [0.1, 0.15) is 20.8 Å². The third kappa shape index (κ3) is 7.56. The molecule has 8 heteroatoms. The molecule has 0 bridgehead atoms. The van der Waals surface area contributed by atoms with Gasteiger partial charge in [0.05, 0.1) is 25.4 Å². The monoisotopic (exact) mass is 412 g/mol. The van der Waals surface area contributed by atoms with Crippen LogP contribution in [0, 0.1) is 0 Å². The summed E-state index contributed by atoms with van der Waals surface area (Å²) in [4.78, 5) is 37.6. The molecule has 0 fully saturated rings. The molecule has 0 spiro atoms. The predicted molar refractivity (Wildman–Crippen MR) is 118 cm³/mol. The Labute approximate surface area is 176 Å². The van der Waals surface area contributed by atoms with Gasteiger partial charge in [-0.1, -0.05) is 19.1 Å². The van der Waals surface area contributed by atoms with Gasteiger partial charge in [-0.3, -0.25) is 19.3 Å². The van der Waals surface area contributed by atoms with Crippen LogP contribution in [0.4, 0.5) is 17.1 Å². The van der Waals surface area contributed by atoms with Crippen LogP contribution in [0.3, 0.4) is 0 Å². The van der Waals surface area contributed by atoms with E-state index in [1.807, 2.05) is 26.0 Å². The van der Waals surface area contributed by atoms with Crippen molar-refractivity contribution >= 4 is 34.8 Å². The fourth-order valence-corrected chi connectivity index (χ4v) is 2.77. The summed E-state index contributed by atoms with van der Waals surface area (Å²) in [5, 5.41) is 8.29. The predicted octanol–water partition coefficient (Wildman–Crippen LogP) is 2.94. The Morgan fingerprint density at radius 1 is 0.833 bits per heavy atom. The van der Waals surface area contributed by atoms with Crippen molar-refractivity contribution in [1.82, 2.24) is 4.90 Å². The lowest BCUT2D eigenvalue weighted by atomic mass is 10.2. The zero-order chi connectivity index (χ0) is 21.9. The number of carbonyl (C=O) groups excluding carboxylic acids is 3. The molecular formula is C22H28N4O4. The number of rotatable bonds is 10. The van der Waals surface area contributed by atoms with Gasteiger partial charge in [-0.2, -0.15) is 0 Å². The number of nitrogens with one attached hydrogen (secondary N) is 3. The third-order valence-corrected chi connectivity index (χ3v) is 4.13. The van der Waals surface area contributed by atoms with Gasteiger partial charge in [0.2, 0.25) is 17.7 Å². The molecule has 0 saturated heterocycles. The Kier molecular flexibility index (Phi) is 8.83. The van der Waals surface area contributed by atoms with Crippen LogP contribution in [0.15, 0.2) is 48.5 Å². The summed E-state index contributed by atoms with van der Waals surface area (Å²) in [7, 11) is 0. The van der Waals surface area contributed by atoms with Crippen molar-refractivity contribution in [3.8, 4) is 5.75 Å². The van der Waals surface area contributed by atoms with E-state index < -0.39 is 0 Å². The number of carbonyl (C=O) groups is 3. The Balaban J connectivity index is 1.88. The number of para-hydroxylation sites is 2. The summed E-state index contributed by atoms with van der Waals surface area (Å²) in [5.74, 6) is -0.00696. The van der Waals surface area contributed by atoms with Crippen LogP contribution in [0.5, 0.6) is 5.75 Å². The molecule has 3 N–H and O–H groups in total. The third-order valence-electron chi connectivity index (χ3n) is 4.13. The first-order valence-corrected chi connectivity index (χ1v) is 9.82. The second kappa shape index (κ2) is 11.6. The fourth-order valence-electron chi connectivity index (χ4n) is 2.77. The molecule has 2 aromatic carbocycles. The Hall–Kier alpha value is -3.39. The van der Waals surface area contributed by atoms with Crippen molar-refractivity contribution in [2.75, 3.05) is 42.2 Å². The maximum absolute atomic E-state index is 12.4. The van der Waals surface area contributed by atoms with E-state index in [0.717, 1.165) is 0 Å². The summed E-state index contributed by atoms with van der Waals surface area (Å²) in [5.41, 5.74) is 1.86. The van der Waals surface area contributed by atoms with Gasteiger partial charge in [0.15, 0.2) is 0 Å². The fraction of sp³-hybridized carbons (Fsp3) is 0.318. The number of benzene rings is 2. The molecular weight excluding hydrogens is 384 g/mol. The number of hydrogen-bond acceptors (Lipinski definition) is 5. The van der Waals surface area contributed by atoms with Gasteiger partial charge in [-0.15, -0.1) is 0 Å². The van der Waals surface area contributed by atoms with Gasteiger partial charge >= 0.3 is 0 Å². The minimum Gasteiger partial charge on any atom is -0.492 e. The zero-order valence-electron chi connectivity index (χ0n) is 17.5. The van der Waals surface area contributed by atoms with Crippen LogP contribution in [0.2, 0.25) is 0 Å². The van der Waals surface area contributed by atoms with Crippen LogP contribution in [-0.2, 0) is 14.4 Å². The molecule has 0 aliphatic rings. The molecule has 2 rings (SSSR count). The quantitative estimate of drug-likeness (QED) is 0.557. The largest absolute Gasteiger partial charge is 0.492 e. The molecule has 0 aliphatic heterocycles. The highest BCUT2D eigenvalue weighted by molar-refractivity contribution is 5.95. The highest BCUT2D eigenvalue weighted by Crippen LogP contribution is 2.23. The van der Waals surface area contributed by atoms with E-state index in [9.17, 15) is 14.4 Å². The standard InChI is InChI=1S/C22H28N4O4/c1-4-26(15-22(29)25-19-8-6-7-9-20(19)30-5-2)14-21(28)24-18-12-10-17(11-13-18)23-16(3)27/h6-13H,4-5,14-15H2,1-3H3,(H,23,27)(H,24,28)(H,25,29). The maximum atomic E-state index is 12.4. The summed E-state index contributed by atoms with van der Waals surface area (Å²) in [6, 6.07) is 14.0. The Morgan fingerprint density at radius 3 is 1.97 bits per heavy atom. The number of ether oxygens (including phenoxy) is 1. The van der Waals surface area contributed by atoms with Crippen LogP contribution in [-0.4, -0.2) is 48.9 Å². The molecule has 0 aromatic heterocycles. The SMILES string of the molecule is CCOc1ccccc1NC(=O)CN(CC)CC(=O)Nc1ccc(NC(C)=O)cc1. The molecule has 0 radical (unpaired) electrons. The number of amides is 3. The smallest absolute Gasteiger partial charge is 0.238 e. The van der Waals surface area contributed by atoms with E-state index in [-0.39, 0.29) is 30.8 Å². The normalized spacial score (nSPS) is 10.4. The second-order valence-electron chi connectivity index (χ2n) is 6.59. The summed E-state index contributed by atoms with van der Waals surface area (Å²) >= 11 is 0. The summed E-state index contributed by atoms with van der Waals surface area (Å²) < 4.78 is 5.51. The van der Waals surface area contributed by atoms with Crippen molar-refractivity contribution in [2.45, 2.75) is 20.8 Å². The van der Waals surface area contributed by atoms with Crippen molar-refractivity contribution < 1.29 is 19.1 Å². The number of nitrogens with zero attached hydrogens (tertiary/aromatic N) is 1. The first-order chi connectivity index (χ1) is 14.4. The first-order valence-electron chi connectivity index (χ1n) is 9.82. The van der Waals surface area contributed by atoms with Gasteiger partial charge in [-0.25, -0.2) is 0 Å². The van der Waals surface area contributed by atoms with Gasteiger partial charge in [0.25, 0.3) is 0 Å². The summed E-state index contributed by atoms with van der Waals surface area (Å²) in [6.45, 7) is 6.38. The lowest BCUT2D eigenvalue weighted by Gasteiger charge is -2.20. The lowest BCUT2D eigenvalue weighted by molar-refractivity contribution is -0.120. The highest BCUT2D eigenvalue weighted by Gasteiger charge is 2.15. The van der Waals surface area contributed by atoms with E-state index in [4.69, 9.17) is 4.74 Å². The Bertz CT molecular complexity index is 868. The van der Waals surface area contributed by atoms with Crippen molar-refractivity contribution in [1.29, 1.82) is 0 Å². The average molecular weight is 412 g/mol. The van der Waals surface area contributed by atoms with E-state index in [1.54, 1.807) is 41.3 Å². The van der Waals surface area contributed by atoms with Crippen LogP contribution >= 0.6 is 0 Å². The van der Waals surface area contributed by atoms with Gasteiger partial charge in [-0.05, 0) is 49.9 Å². The number of likely N-dealkylation sites (N-methyl/N-ethyl adjacent to an activating group) is 1. The topological polar surface area (TPSA) is 99.8 Å². The van der Waals surface area contributed by atoms with Crippen LogP contribution in [0.25, 0.3) is 0 Å². The lowest BCUT2D eigenvalue weighted by Crippen LogP contribution is -2.38. The van der Waals surface area contributed by atoms with Gasteiger partial charge in [0.1, 0.15) is 5.75 Å². The molecule has 3 amide bonds. The molecule has 160 valence electrons. The van der Waals surface area contributed by atoms with Crippen LogP contribution < -0.4 is 20.7 Å². The van der Waals surface area contributed by atoms with Crippen molar-refractivity contribution in [2.24, 2.45) is 0 Å². The maximum Gasteiger partial charge on any atom is 0.238 e. The molecule has 0 atom stereocenters. The van der Waals surface area contributed by atoms with E-state index in [2.05, 4.69) is 16.0 Å². The Morgan fingerprint density at radius 2 is 1.40 bits per heavy atom. The van der Waals surface area contributed by atoms with Gasteiger partial charge < -0.3 is 20.7 Å². The average Bonchev–Trinajstić information content (AvgIpc) is 2.70. The van der Waals surface area contributed by atoms with E-state index in [1.165, 1.54) is 6.92 Å². The van der Waals surface area contributed by atoms with Crippen molar-refractivity contribution in [3.63, 3.8) is 0 Å². The number of hydrogen-bond donors (Lipinski definition) is 3. The minimum absolute atomic E-state index is 0.0739. The zero-order valence-corrected chi connectivity index (χ0v) is 17.5. The molecule has 0 heterocycles. The molecule has 0 saturated carbocycles. The van der Waals surface area contributed by atoms with Gasteiger partial charge in [0, 0.05) is 18.3 Å². The van der Waals surface area contributed by atoms with E-state index in [0.29, 0.717) is 36.0 Å². The number of anilines is 3. The van der Waals surface area contributed by atoms with Crippen molar-refractivity contribution in [3.05, 3.63) is 48.5 Å². The molecule has 30 heavy (non-hydrogen) atoms. The molecule has 0 unspecified atom stereocenters. The highest BCUT2D eigenvalue weighted by atomic mass is 16.5. The second-order valence-corrected chi connectivity index (χ2v) is 6.59. The summed E-state index contributed by atoms with van der Waals surface area (Å²) in [6.07, 6.45) is 0. The molecule has 0 aliphatic carbocycles. The molecule has 8 nitrogen and oxygen atoms in total. The first kappa shape index (κ1) is 22.9.